The van der Waals surface area contributed by atoms with Crippen LogP contribution < -0.4 is 19.1 Å². The van der Waals surface area contributed by atoms with Gasteiger partial charge in [-0.3, -0.25) is 9.10 Å². The minimum absolute atomic E-state index is 0.187. The quantitative estimate of drug-likeness (QED) is 0.425. The summed E-state index contributed by atoms with van der Waals surface area (Å²) < 4.78 is 37.3. The number of nitrogens with zero attached hydrogens (tertiary/aromatic N) is 1. The predicted molar refractivity (Wildman–Crippen MR) is 130 cm³/mol. The molecule has 174 valence electrons. The predicted octanol–water partition coefficient (Wildman–Crippen LogP) is 4.48. The van der Waals surface area contributed by atoms with Crippen molar-refractivity contribution in [3.05, 3.63) is 83.9 Å². The fourth-order valence-electron chi connectivity index (χ4n) is 3.14. The second-order valence-electron chi connectivity index (χ2n) is 7.21. The van der Waals surface area contributed by atoms with Crippen LogP contribution in [-0.4, -0.2) is 39.8 Å². The van der Waals surface area contributed by atoms with Crippen LogP contribution in [0.5, 0.6) is 17.2 Å². The van der Waals surface area contributed by atoms with Gasteiger partial charge in [0.2, 0.25) is 15.9 Å². The molecule has 3 rings (SSSR count). The molecule has 0 spiro atoms. The zero-order valence-corrected chi connectivity index (χ0v) is 19.8. The van der Waals surface area contributed by atoms with Crippen LogP contribution in [-0.2, 0) is 14.8 Å². The molecule has 3 aromatic rings. The lowest BCUT2D eigenvalue weighted by Gasteiger charge is -2.28. The van der Waals surface area contributed by atoms with E-state index in [0.29, 0.717) is 28.0 Å². The van der Waals surface area contributed by atoms with Crippen molar-refractivity contribution in [2.45, 2.75) is 13.0 Å². The second kappa shape index (κ2) is 11.1. The number of ether oxygens (including phenoxy) is 2. The van der Waals surface area contributed by atoms with Crippen molar-refractivity contribution in [1.82, 2.24) is 5.32 Å². The van der Waals surface area contributed by atoms with Crippen LogP contribution in [0.15, 0.2) is 78.9 Å². The summed E-state index contributed by atoms with van der Waals surface area (Å²) in [5.41, 5.74) is 0.355. The monoisotopic (exact) mass is 488 g/mol. The van der Waals surface area contributed by atoms with Crippen molar-refractivity contribution in [3.8, 4) is 17.2 Å². The van der Waals surface area contributed by atoms with E-state index in [-0.39, 0.29) is 13.2 Å². The van der Waals surface area contributed by atoms with Crippen molar-refractivity contribution in [3.63, 3.8) is 0 Å². The molecular weight excluding hydrogens is 464 g/mol. The van der Waals surface area contributed by atoms with Gasteiger partial charge in [0.25, 0.3) is 0 Å². The van der Waals surface area contributed by atoms with Crippen molar-refractivity contribution in [2.24, 2.45) is 0 Å². The Morgan fingerprint density at radius 2 is 1.58 bits per heavy atom. The van der Waals surface area contributed by atoms with Gasteiger partial charge in [0.05, 0.1) is 23.5 Å². The Kier molecular flexibility index (Phi) is 8.19. The average Bonchev–Trinajstić information content (AvgIpc) is 2.78. The maximum atomic E-state index is 12.7. The summed E-state index contributed by atoms with van der Waals surface area (Å²) in [6.07, 6.45) is 1.06. The van der Waals surface area contributed by atoms with E-state index >= 15 is 0 Å². The van der Waals surface area contributed by atoms with Crippen LogP contribution in [0.1, 0.15) is 6.92 Å². The minimum atomic E-state index is -3.73. The minimum Gasteiger partial charge on any atom is -0.490 e. The molecule has 3 aromatic carbocycles. The summed E-state index contributed by atoms with van der Waals surface area (Å²) in [6.45, 7) is 1.90. The third-order valence-electron chi connectivity index (χ3n) is 4.65. The molecule has 0 aromatic heterocycles. The van der Waals surface area contributed by atoms with E-state index in [1.54, 1.807) is 48.5 Å². The molecule has 0 radical (unpaired) electrons. The lowest BCUT2D eigenvalue weighted by Crippen LogP contribution is -2.48. The zero-order valence-electron chi connectivity index (χ0n) is 18.3. The average molecular weight is 489 g/mol. The molecule has 1 atom stereocenters. The van der Waals surface area contributed by atoms with Crippen molar-refractivity contribution < 1.29 is 22.7 Å². The molecule has 0 saturated heterocycles. The number of benzene rings is 3. The van der Waals surface area contributed by atoms with Gasteiger partial charge in [-0.15, -0.1) is 0 Å². The highest BCUT2D eigenvalue weighted by molar-refractivity contribution is 7.92. The third-order valence-corrected chi connectivity index (χ3v) is 6.21. The van der Waals surface area contributed by atoms with Gasteiger partial charge in [-0.1, -0.05) is 41.9 Å². The van der Waals surface area contributed by atoms with Gasteiger partial charge in [0.1, 0.15) is 29.9 Å². The maximum absolute atomic E-state index is 12.7. The smallest absolute Gasteiger partial charge is 0.243 e. The number of sulfonamides is 1. The van der Waals surface area contributed by atoms with Gasteiger partial charge in [-0.25, -0.2) is 8.42 Å². The fraction of sp³-hybridized carbons (Fsp3) is 0.208. The van der Waals surface area contributed by atoms with Gasteiger partial charge in [-0.2, -0.15) is 0 Å². The molecule has 0 heterocycles. The van der Waals surface area contributed by atoms with Gasteiger partial charge in [-0.05, 0) is 55.5 Å². The van der Waals surface area contributed by atoms with Crippen molar-refractivity contribution in [1.29, 1.82) is 0 Å². The Labute approximate surface area is 198 Å². The topological polar surface area (TPSA) is 84.9 Å². The van der Waals surface area contributed by atoms with E-state index in [2.05, 4.69) is 5.32 Å². The summed E-state index contributed by atoms with van der Waals surface area (Å²) in [4.78, 5) is 12.7. The van der Waals surface area contributed by atoms with Crippen molar-refractivity contribution >= 4 is 33.2 Å². The number of amides is 1. The number of carbonyl (C=O) groups excluding carboxylic acids is 1. The molecular formula is C24H25ClN2O5S. The molecule has 0 aliphatic heterocycles. The van der Waals surface area contributed by atoms with E-state index in [1.807, 2.05) is 30.3 Å². The molecule has 0 saturated carbocycles. The van der Waals surface area contributed by atoms with Gasteiger partial charge < -0.3 is 14.8 Å². The number of nitrogens with one attached hydrogen (secondary N) is 1. The first-order valence-electron chi connectivity index (χ1n) is 10.2. The van der Waals surface area contributed by atoms with Crippen molar-refractivity contribution in [2.75, 3.05) is 23.7 Å². The highest BCUT2D eigenvalue weighted by Crippen LogP contribution is 2.27. The zero-order chi connectivity index (χ0) is 23.8. The lowest BCUT2D eigenvalue weighted by molar-refractivity contribution is -0.121. The first-order chi connectivity index (χ1) is 15.8. The fourth-order valence-corrected chi connectivity index (χ4v) is 4.50. The molecule has 1 amide bonds. The summed E-state index contributed by atoms with van der Waals surface area (Å²) in [5, 5.41) is 3.17. The largest absolute Gasteiger partial charge is 0.490 e. The Balaban J connectivity index is 1.63. The molecule has 0 aliphatic rings. The van der Waals surface area contributed by atoms with Crippen LogP contribution in [0.25, 0.3) is 0 Å². The SMILES string of the molecule is CC(C(=O)NCCOc1ccccc1Cl)N(c1ccc(Oc2ccccc2)cc1)S(C)(=O)=O. The first-order valence-corrected chi connectivity index (χ1v) is 12.5. The Morgan fingerprint density at radius 3 is 2.21 bits per heavy atom. The van der Waals surface area contributed by atoms with Crippen LogP contribution in [0.4, 0.5) is 5.69 Å². The van der Waals surface area contributed by atoms with Gasteiger partial charge >= 0.3 is 0 Å². The van der Waals surface area contributed by atoms with Gasteiger partial charge in [0, 0.05) is 0 Å². The van der Waals surface area contributed by atoms with Crippen LogP contribution in [0.3, 0.4) is 0 Å². The van der Waals surface area contributed by atoms with Crippen LogP contribution in [0.2, 0.25) is 5.02 Å². The summed E-state index contributed by atoms with van der Waals surface area (Å²) in [7, 11) is -3.73. The van der Waals surface area contributed by atoms with E-state index in [9.17, 15) is 13.2 Å². The molecule has 7 nitrogen and oxygen atoms in total. The number of anilines is 1. The standard InChI is InChI=1S/C24H25ClN2O5S/c1-18(24(28)26-16-17-31-23-11-7-6-10-22(23)25)27(33(2,29)30)19-12-14-21(15-13-19)32-20-8-4-3-5-9-20/h3-15,18H,16-17H2,1-2H3,(H,26,28). The summed E-state index contributed by atoms with van der Waals surface area (Å²) in [5.74, 6) is 1.27. The van der Waals surface area contributed by atoms with Crippen LogP contribution in [0, 0.1) is 0 Å². The lowest BCUT2D eigenvalue weighted by atomic mass is 10.2. The maximum Gasteiger partial charge on any atom is 0.243 e. The molecule has 33 heavy (non-hydrogen) atoms. The third kappa shape index (κ3) is 6.87. The van der Waals surface area contributed by atoms with E-state index < -0.39 is 22.0 Å². The molecule has 0 aliphatic carbocycles. The normalized spacial score (nSPS) is 12.0. The highest BCUT2D eigenvalue weighted by Gasteiger charge is 2.29. The number of hydrogen-bond donors (Lipinski definition) is 1. The first kappa shape index (κ1) is 24.4. The second-order valence-corrected chi connectivity index (χ2v) is 9.48. The molecule has 9 heteroatoms. The number of hydrogen-bond acceptors (Lipinski definition) is 5. The van der Waals surface area contributed by atoms with Crippen LogP contribution >= 0.6 is 11.6 Å². The Bertz CT molecular complexity index is 1170. The van der Waals surface area contributed by atoms with E-state index in [1.165, 1.54) is 6.92 Å². The number of rotatable bonds is 10. The summed E-state index contributed by atoms with van der Waals surface area (Å²) >= 11 is 6.04. The Hall–Kier alpha value is -3.23. The molecule has 1 N–H and O–H groups in total. The highest BCUT2D eigenvalue weighted by atomic mass is 35.5. The van der Waals surface area contributed by atoms with E-state index in [4.69, 9.17) is 21.1 Å². The number of carbonyl (C=O) groups is 1. The van der Waals surface area contributed by atoms with Gasteiger partial charge in [0.15, 0.2) is 0 Å². The molecule has 1 unspecified atom stereocenters. The summed E-state index contributed by atoms with van der Waals surface area (Å²) in [6, 6.07) is 21.8. The molecule has 0 bridgehead atoms. The number of halogens is 1. The Morgan fingerprint density at radius 1 is 0.970 bits per heavy atom. The molecule has 0 fully saturated rings. The number of para-hydroxylation sites is 2. The van der Waals surface area contributed by atoms with E-state index in [0.717, 1.165) is 10.6 Å².